The molecular weight excluding hydrogens is 349 g/mol. The van der Waals surface area contributed by atoms with Crippen LogP contribution < -0.4 is 15.4 Å². The summed E-state index contributed by atoms with van der Waals surface area (Å²) in [7, 11) is 0. The lowest BCUT2D eigenvalue weighted by atomic mass is 10.1. The number of carbonyl (C=O) groups excluding carboxylic acids is 2. The normalized spacial score (nSPS) is 10.9. The van der Waals surface area contributed by atoms with E-state index in [0.29, 0.717) is 11.3 Å². The second-order valence-corrected chi connectivity index (χ2v) is 5.49. The molecule has 0 atom stereocenters. The van der Waals surface area contributed by atoms with Gasteiger partial charge in [-0.3, -0.25) is 9.59 Å². The van der Waals surface area contributed by atoms with Crippen LogP contribution in [0.25, 0.3) is 0 Å². The molecule has 0 aliphatic rings. The summed E-state index contributed by atoms with van der Waals surface area (Å²) in [4.78, 5) is 22.9. The van der Waals surface area contributed by atoms with Crippen LogP contribution >= 0.6 is 0 Å². The van der Waals surface area contributed by atoms with Crippen molar-refractivity contribution >= 4 is 17.5 Å². The molecule has 2 amide bonds. The Kier molecular flexibility index (Phi) is 6.21. The van der Waals surface area contributed by atoms with E-state index in [1.165, 1.54) is 18.2 Å². The quantitative estimate of drug-likeness (QED) is 0.825. The summed E-state index contributed by atoms with van der Waals surface area (Å²) in [6, 6.07) is 13.0. The zero-order chi connectivity index (χ0) is 19.2. The van der Waals surface area contributed by atoms with E-state index >= 15 is 0 Å². The average molecular weight is 366 g/mol. The number of rotatable bonds is 6. The molecule has 0 spiro atoms. The van der Waals surface area contributed by atoms with Gasteiger partial charge in [-0.2, -0.15) is 13.2 Å². The molecule has 2 N–H and O–H groups in total. The Morgan fingerprint density at radius 3 is 2.35 bits per heavy atom. The number of ether oxygens (including phenoxy) is 1. The fraction of sp³-hybridized carbons (Fsp3) is 0.222. The minimum absolute atomic E-state index is 0.0189. The highest BCUT2D eigenvalue weighted by Crippen LogP contribution is 2.21. The average Bonchev–Trinajstić information content (AvgIpc) is 2.59. The van der Waals surface area contributed by atoms with Crippen molar-refractivity contribution in [2.75, 3.05) is 11.9 Å². The van der Waals surface area contributed by atoms with Crippen LogP contribution in [0.15, 0.2) is 48.5 Å². The molecule has 0 aromatic heterocycles. The van der Waals surface area contributed by atoms with E-state index < -0.39 is 18.0 Å². The molecule has 0 fully saturated rings. The van der Waals surface area contributed by atoms with Crippen LogP contribution in [-0.4, -0.2) is 24.6 Å². The molecule has 2 rings (SSSR count). The summed E-state index contributed by atoms with van der Waals surface area (Å²) in [6.45, 7) is 1.63. The van der Waals surface area contributed by atoms with Crippen molar-refractivity contribution in [2.45, 2.75) is 19.6 Å². The van der Waals surface area contributed by atoms with Gasteiger partial charge in [-0.25, -0.2) is 0 Å². The van der Waals surface area contributed by atoms with Gasteiger partial charge in [0.05, 0.1) is 0 Å². The minimum Gasteiger partial charge on any atom is -0.484 e. The molecule has 0 radical (unpaired) electrons. The minimum atomic E-state index is -4.99. The van der Waals surface area contributed by atoms with Crippen molar-refractivity contribution in [1.29, 1.82) is 0 Å². The van der Waals surface area contributed by atoms with Crippen LogP contribution in [0.3, 0.4) is 0 Å². The number of amides is 2. The topological polar surface area (TPSA) is 67.4 Å². The van der Waals surface area contributed by atoms with Gasteiger partial charge in [-0.05, 0) is 30.7 Å². The maximum Gasteiger partial charge on any atom is 0.471 e. The van der Waals surface area contributed by atoms with Gasteiger partial charge in [0.2, 0.25) is 0 Å². The first kappa shape index (κ1) is 19.3. The predicted octanol–water partition coefficient (Wildman–Crippen LogP) is 3.19. The number of hydrogen-bond donors (Lipinski definition) is 2. The Morgan fingerprint density at radius 2 is 1.69 bits per heavy atom. The molecule has 0 saturated carbocycles. The van der Waals surface area contributed by atoms with Crippen molar-refractivity contribution in [3.05, 3.63) is 59.7 Å². The van der Waals surface area contributed by atoms with Gasteiger partial charge in [0.15, 0.2) is 6.61 Å². The molecular formula is C18H17F3N2O3. The zero-order valence-electron chi connectivity index (χ0n) is 13.9. The smallest absolute Gasteiger partial charge is 0.471 e. The van der Waals surface area contributed by atoms with Crippen LogP contribution in [0.5, 0.6) is 5.75 Å². The van der Waals surface area contributed by atoms with Crippen LogP contribution in [0, 0.1) is 6.92 Å². The van der Waals surface area contributed by atoms with Gasteiger partial charge < -0.3 is 15.4 Å². The summed E-state index contributed by atoms with van der Waals surface area (Å²) in [5.41, 5.74) is 1.38. The van der Waals surface area contributed by atoms with E-state index in [1.54, 1.807) is 23.5 Å². The molecule has 2 aromatic rings. The second-order valence-electron chi connectivity index (χ2n) is 5.49. The Labute approximate surface area is 148 Å². The van der Waals surface area contributed by atoms with Crippen molar-refractivity contribution in [1.82, 2.24) is 5.32 Å². The Hall–Kier alpha value is -3.03. The molecule has 0 aliphatic carbocycles. The Balaban J connectivity index is 1.89. The molecule has 0 unspecified atom stereocenters. The fourth-order valence-corrected chi connectivity index (χ4v) is 2.02. The molecule has 0 saturated heterocycles. The molecule has 8 heteroatoms. The molecule has 0 aliphatic heterocycles. The van der Waals surface area contributed by atoms with E-state index in [4.69, 9.17) is 4.74 Å². The summed E-state index contributed by atoms with van der Waals surface area (Å²) in [5, 5.41) is 4.33. The number of halogens is 3. The maximum atomic E-state index is 12.4. The van der Waals surface area contributed by atoms with Crippen LogP contribution in [-0.2, 0) is 16.1 Å². The summed E-state index contributed by atoms with van der Waals surface area (Å²) in [5.74, 6) is -1.98. The number of carbonyl (C=O) groups is 2. The molecule has 0 bridgehead atoms. The highest BCUT2D eigenvalue weighted by atomic mass is 19.4. The predicted molar refractivity (Wildman–Crippen MR) is 89.6 cm³/mol. The largest absolute Gasteiger partial charge is 0.484 e. The number of benzene rings is 2. The van der Waals surface area contributed by atoms with Crippen LogP contribution in [0.1, 0.15) is 11.1 Å². The highest BCUT2D eigenvalue weighted by Gasteiger charge is 2.38. The van der Waals surface area contributed by atoms with Gasteiger partial charge in [0.1, 0.15) is 5.75 Å². The number of anilines is 1. The van der Waals surface area contributed by atoms with E-state index in [9.17, 15) is 22.8 Å². The van der Waals surface area contributed by atoms with Crippen LogP contribution in [0.4, 0.5) is 18.9 Å². The first-order valence-corrected chi connectivity index (χ1v) is 7.68. The van der Waals surface area contributed by atoms with Gasteiger partial charge in [-0.1, -0.05) is 35.9 Å². The van der Waals surface area contributed by atoms with E-state index in [-0.39, 0.29) is 18.8 Å². The van der Waals surface area contributed by atoms with Crippen molar-refractivity contribution in [2.24, 2.45) is 0 Å². The number of hydrogen-bond acceptors (Lipinski definition) is 3. The number of nitrogens with one attached hydrogen (secondary N) is 2. The standard InChI is InChI=1S/C18H17F3N2O3/c1-12-6-8-14(9-7-12)26-11-16(24)22-10-13-4-2-3-5-15(13)23-17(25)18(19,20)21/h2-9H,10-11H2,1H3,(H,22,24)(H,23,25). The molecule has 5 nitrogen and oxygen atoms in total. The summed E-state index contributed by atoms with van der Waals surface area (Å²) < 4.78 is 42.4. The van der Waals surface area contributed by atoms with Crippen molar-refractivity contribution < 1.29 is 27.5 Å². The maximum absolute atomic E-state index is 12.4. The van der Waals surface area contributed by atoms with E-state index in [1.807, 2.05) is 19.1 Å². The van der Waals surface area contributed by atoms with Crippen molar-refractivity contribution in [3.63, 3.8) is 0 Å². The molecule has 138 valence electrons. The first-order chi connectivity index (χ1) is 12.3. The van der Waals surface area contributed by atoms with Gasteiger partial charge in [-0.15, -0.1) is 0 Å². The second kappa shape index (κ2) is 8.37. The SMILES string of the molecule is Cc1ccc(OCC(=O)NCc2ccccc2NC(=O)C(F)(F)F)cc1. The first-order valence-electron chi connectivity index (χ1n) is 7.68. The fourth-order valence-electron chi connectivity index (χ4n) is 2.02. The van der Waals surface area contributed by atoms with E-state index in [0.717, 1.165) is 5.56 Å². The third kappa shape index (κ3) is 5.80. The molecule has 0 heterocycles. The lowest BCUT2D eigenvalue weighted by Gasteiger charge is -2.13. The number of aryl methyl sites for hydroxylation is 1. The van der Waals surface area contributed by atoms with Gasteiger partial charge in [0, 0.05) is 12.2 Å². The van der Waals surface area contributed by atoms with Gasteiger partial charge in [0.25, 0.3) is 5.91 Å². The van der Waals surface area contributed by atoms with Crippen molar-refractivity contribution in [3.8, 4) is 5.75 Å². The Morgan fingerprint density at radius 1 is 1.04 bits per heavy atom. The lowest BCUT2D eigenvalue weighted by molar-refractivity contribution is -0.167. The monoisotopic (exact) mass is 366 g/mol. The number of alkyl halides is 3. The molecule has 2 aromatic carbocycles. The third-order valence-corrected chi connectivity index (χ3v) is 3.39. The summed E-state index contributed by atoms with van der Waals surface area (Å²) >= 11 is 0. The summed E-state index contributed by atoms with van der Waals surface area (Å²) in [6.07, 6.45) is -4.99. The third-order valence-electron chi connectivity index (χ3n) is 3.39. The lowest BCUT2D eigenvalue weighted by Crippen LogP contribution is -2.31. The molecule has 26 heavy (non-hydrogen) atoms. The number of para-hydroxylation sites is 1. The van der Waals surface area contributed by atoms with E-state index in [2.05, 4.69) is 5.32 Å². The van der Waals surface area contributed by atoms with Crippen LogP contribution in [0.2, 0.25) is 0 Å². The highest BCUT2D eigenvalue weighted by molar-refractivity contribution is 5.95. The Bertz CT molecular complexity index is 774. The zero-order valence-corrected chi connectivity index (χ0v) is 13.9. The van der Waals surface area contributed by atoms with Gasteiger partial charge >= 0.3 is 12.1 Å².